The van der Waals surface area contributed by atoms with E-state index in [-0.39, 0.29) is 11.9 Å². The highest BCUT2D eigenvalue weighted by atomic mass is 19.1. The Bertz CT molecular complexity index is 875. The van der Waals surface area contributed by atoms with Crippen molar-refractivity contribution in [2.45, 2.75) is 39.4 Å². The lowest BCUT2D eigenvalue weighted by Crippen LogP contribution is -2.29. The lowest BCUT2D eigenvalue weighted by atomic mass is 10.00. The third kappa shape index (κ3) is 3.45. The lowest BCUT2D eigenvalue weighted by Gasteiger charge is -2.31. The van der Waals surface area contributed by atoms with Gasteiger partial charge in [0.2, 0.25) is 0 Å². The molecule has 134 valence electrons. The molecule has 0 radical (unpaired) electrons. The molecule has 26 heavy (non-hydrogen) atoms. The number of aryl methyl sites for hydroxylation is 3. The first-order chi connectivity index (χ1) is 12.6. The molecule has 1 aromatic heterocycles. The van der Waals surface area contributed by atoms with Gasteiger partial charge in [-0.25, -0.2) is 4.39 Å². The number of benzene rings is 2. The second kappa shape index (κ2) is 7.08. The summed E-state index contributed by atoms with van der Waals surface area (Å²) in [5.74, 6) is -0.182. The molecule has 0 amide bonds. The zero-order valence-electron chi connectivity index (χ0n) is 15.5. The second-order valence-corrected chi connectivity index (χ2v) is 7.40. The molecule has 1 aliphatic heterocycles. The minimum atomic E-state index is -0.182. The van der Waals surface area contributed by atoms with Crippen molar-refractivity contribution in [2.75, 3.05) is 6.54 Å². The summed E-state index contributed by atoms with van der Waals surface area (Å²) in [6, 6.07) is 18.2. The number of nitrogens with zero attached hydrogens (tertiary/aromatic N) is 2. The van der Waals surface area contributed by atoms with Gasteiger partial charge in [0, 0.05) is 31.5 Å². The van der Waals surface area contributed by atoms with E-state index in [0.29, 0.717) is 0 Å². The summed E-state index contributed by atoms with van der Waals surface area (Å²) in [6.45, 7) is 7.26. The van der Waals surface area contributed by atoms with Crippen LogP contribution in [0.5, 0.6) is 0 Å². The van der Waals surface area contributed by atoms with Crippen LogP contribution in [0.2, 0.25) is 0 Å². The van der Waals surface area contributed by atoms with Crippen LogP contribution in [0.25, 0.3) is 0 Å². The summed E-state index contributed by atoms with van der Waals surface area (Å²) >= 11 is 0. The van der Waals surface area contributed by atoms with Gasteiger partial charge in [-0.15, -0.1) is 0 Å². The Morgan fingerprint density at radius 3 is 2.42 bits per heavy atom. The fraction of sp³-hybridized carbons (Fsp3) is 0.304. The molecule has 2 aromatic carbocycles. The van der Waals surface area contributed by atoms with Crippen molar-refractivity contribution in [1.82, 2.24) is 9.47 Å². The highest BCUT2D eigenvalue weighted by Gasteiger charge is 2.27. The fourth-order valence-electron chi connectivity index (χ4n) is 4.23. The maximum Gasteiger partial charge on any atom is 0.123 e. The first-order valence-corrected chi connectivity index (χ1v) is 9.32. The summed E-state index contributed by atoms with van der Waals surface area (Å²) in [5, 5.41) is 0. The molecule has 0 spiro atoms. The normalized spacial score (nSPS) is 17.7. The monoisotopic (exact) mass is 348 g/mol. The Balaban J connectivity index is 1.74. The van der Waals surface area contributed by atoms with E-state index in [2.05, 4.69) is 59.8 Å². The molecule has 0 fully saturated rings. The van der Waals surface area contributed by atoms with Gasteiger partial charge in [-0.3, -0.25) is 4.90 Å². The number of aromatic nitrogens is 1. The van der Waals surface area contributed by atoms with Gasteiger partial charge in [0.15, 0.2) is 0 Å². The number of hydrogen-bond acceptors (Lipinski definition) is 1. The number of fused-ring (bicyclic) bond motifs is 1. The van der Waals surface area contributed by atoms with Crippen LogP contribution >= 0.6 is 0 Å². The molecule has 0 unspecified atom stereocenters. The van der Waals surface area contributed by atoms with Crippen molar-refractivity contribution in [3.8, 4) is 0 Å². The van der Waals surface area contributed by atoms with E-state index in [1.165, 1.54) is 22.4 Å². The Morgan fingerprint density at radius 1 is 0.962 bits per heavy atom. The van der Waals surface area contributed by atoms with Gasteiger partial charge in [0.1, 0.15) is 5.82 Å². The topological polar surface area (TPSA) is 8.17 Å². The fourth-order valence-corrected chi connectivity index (χ4v) is 4.23. The highest BCUT2D eigenvalue weighted by Crippen LogP contribution is 2.33. The number of halogens is 1. The Morgan fingerprint density at radius 2 is 1.69 bits per heavy atom. The third-order valence-corrected chi connectivity index (χ3v) is 5.21. The molecule has 0 saturated heterocycles. The summed E-state index contributed by atoms with van der Waals surface area (Å²) < 4.78 is 15.8. The molecule has 3 aromatic rings. The van der Waals surface area contributed by atoms with Crippen molar-refractivity contribution in [3.63, 3.8) is 0 Å². The molecule has 0 saturated carbocycles. The molecule has 0 aliphatic carbocycles. The molecule has 0 N–H and O–H groups in total. The summed E-state index contributed by atoms with van der Waals surface area (Å²) in [7, 11) is 0. The smallest absolute Gasteiger partial charge is 0.123 e. The van der Waals surface area contributed by atoms with Crippen LogP contribution in [0.15, 0.2) is 60.8 Å². The number of rotatable bonds is 3. The van der Waals surface area contributed by atoms with Gasteiger partial charge in [-0.1, -0.05) is 41.5 Å². The van der Waals surface area contributed by atoms with Crippen molar-refractivity contribution in [2.24, 2.45) is 0 Å². The average Bonchev–Trinajstić information content (AvgIpc) is 2.97. The molecular formula is C23H25FN2. The number of hydrogen-bond donors (Lipinski definition) is 0. The van der Waals surface area contributed by atoms with Crippen LogP contribution in [0.1, 0.15) is 40.4 Å². The average molecular weight is 348 g/mol. The van der Waals surface area contributed by atoms with Crippen LogP contribution in [-0.4, -0.2) is 16.0 Å². The predicted octanol–water partition coefficient (Wildman–Crippen LogP) is 5.24. The van der Waals surface area contributed by atoms with E-state index in [4.69, 9.17) is 0 Å². The van der Waals surface area contributed by atoms with Crippen LogP contribution in [0.4, 0.5) is 4.39 Å². The first kappa shape index (κ1) is 17.0. The summed E-state index contributed by atoms with van der Waals surface area (Å²) in [5.41, 5.74) is 6.39. The molecule has 3 heteroatoms. The Kier molecular flexibility index (Phi) is 4.64. The van der Waals surface area contributed by atoms with Gasteiger partial charge in [-0.2, -0.15) is 0 Å². The lowest BCUT2D eigenvalue weighted by molar-refractivity contribution is 0.220. The first-order valence-electron chi connectivity index (χ1n) is 9.32. The van der Waals surface area contributed by atoms with Crippen molar-refractivity contribution in [1.29, 1.82) is 0 Å². The standard InChI is InChI=1S/C23H25FN2/c1-17-13-18(2)15-19(14-17)16-26-12-4-11-25-10-3-5-22(25)23(26)20-6-8-21(24)9-7-20/h3,5-10,13-15,23H,4,11-12,16H2,1-2H3/t23-/m1/s1. The van der Waals surface area contributed by atoms with Crippen LogP contribution in [0, 0.1) is 19.7 Å². The molecule has 4 rings (SSSR count). The highest BCUT2D eigenvalue weighted by molar-refractivity contribution is 5.32. The van der Waals surface area contributed by atoms with Gasteiger partial charge in [-0.05, 0) is 55.7 Å². The summed E-state index contributed by atoms with van der Waals surface area (Å²) in [4.78, 5) is 2.53. The molecule has 0 bridgehead atoms. The van der Waals surface area contributed by atoms with Gasteiger partial charge in [0.25, 0.3) is 0 Å². The predicted molar refractivity (Wildman–Crippen MR) is 104 cm³/mol. The van der Waals surface area contributed by atoms with Crippen LogP contribution in [-0.2, 0) is 13.1 Å². The molecule has 1 atom stereocenters. The van der Waals surface area contributed by atoms with E-state index in [0.717, 1.165) is 31.6 Å². The molecule has 2 heterocycles. The van der Waals surface area contributed by atoms with Crippen molar-refractivity contribution < 1.29 is 4.39 Å². The van der Waals surface area contributed by atoms with Crippen LogP contribution in [0.3, 0.4) is 0 Å². The van der Waals surface area contributed by atoms with E-state index < -0.39 is 0 Å². The van der Waals surface area contributed by atoms with Crippen LogP contribution < -0.4 is 0 Å². The van der Waals surface area contributed by atoms with Gasteiger partial charge in [0.05, 0.1) is 6.04 Å². The van der Waals surface area contributed by atoms with Gasteiger partial charge < -0.3 is 4.57 Å². The van der Waals surface area contributed by atoms with E-state index in [9.17, 15) is 4.39 Å². The van der Waals surface area contributed by atoms with Crippen molar-refractivity contribution >= 4 is 0 Å². The molecule has 2 nitrogen and oxygen atoms in total. The van der Waals surface area contributed by atoms with E-state index in [1.54, 1.807) is 12.1 Å². The maximum absolute atomic E-state index is 13.5. The van der Waals surface area contributed by atoms with E-state index >= 15 is 0 Å². The quantitative estimate of drug-likeness (QED) is 0.628. The molecule has 1 aliphatic rings. The zero-order chi connectivity index (χ0) is 18.1. The largest absolute Gasteiger partial charge is 0.350 e. The van der Waals surface area contributed by atoms with Crippen molar-refractivity contribution in [3.05, 3.63) is 94.6 Å². The second-order valence-electron chi connectivity index (χ2n) is 7.40. The molecular weight excluding hydrogens is 323 g/mol. The minimum absolute atomic E-state index is 0.147. The minimum Gasteiger partial charge on any atom is -0.350 e. The zero-order valence-corrected chi connectivity index (χ0v) is 15.5. The Labute approximate surface area is 154 Å². The summed E-state index contributed by atoms with van der Waals surface area (Å²) in [6.07, 6.45) is 3.27. The van der Waals surface area contributed by atoms with E-state index in [1.807, 2.05) is 12.1 Å². The SMILES string of the molecule is Cc1cc(C)cc(CN2CCCn3cccc3[C@H]2c2ccc(F)cc2)c1. The third-order valence-electron chi connectivity index (χ3n) is 5.21. The maximum atomic E-state index is 13.5. The Hall–Kier alpha value is -2.39. The van der Waals surface area contributed by atoms with Gasteiger partial charge >= 0.3 is 0 Å².